The highest BCUT2D eigenvalue weighted by molar-refractivity contribution is 7.89. The molecule has 4 rings (SSSR count). The van der Waals surface area contributed by atoms with Gasteiger partial charge in [-0.2, -0.15) is 4.31 Å². The van der Waals surface area contributed by atoms with Crippen molar-refractivity contribution in [2.45, 2.75) is 25.7 Å². The molecule has 1 saturated heterocycles. The molecule has 0 atom stereocenters. The van der Waals surface area contributed by atoms with Crippen LogP contribution in [0.4, 0.5) is 5.69 Å². The van der Waals surface area contributed by atoms with E-state index in [2.05, 4.69) is 36.9 Å². The Morgan fingerprint density at radius 1 is 0.939 bits per heavy atom. The second kappa shape index (κ2) is 9.29. The van der Waals surface area contributed by atoms with Crippen molar-refractivity contribution in [3.8, 4) is 11.1 Å². The Morgan fingerprint density at radius 2 is 1.58 bits per heavy atom. The number of esters is 1. The van der Waals surface area contributed by atoms with Gasteiger partial charge in [0, 0.05) is 42.8 Å². The summed E-state index contributed by atoms with van der Waals surface area (Å²) in [7, 11) is -2.63. The molecule has 1 aromatic heterocycles. The molecule has 1 aliphatic rings. The van der Waals surface area contributed by atoms with Gasteiger partial charge in [0.05, 0.1) is 7.11 Å². The fraction of sp³-hybridized carbons (Fsp3) is 0.320. The molecule has 2 aromatic carbocycles. The van der Waals surface area contributed by atoms with Crippen molar-refractivity contribution >= 4 is 33.0 Å². The molecule has 2 heterocycles. The van der Waals surface area contributed by atoms with Crippen LogP contribution in [-0.2, 0) is 14.8 Å². The zero-order valence-electron chi connectivity index (χ0n) is 19.3. The van der Waals surface area contributed by atoms with Crippen LogP contribution < -0.4 is 4.90 Å². The molecule has 0 saturated carbocycles. The number of methoxy groups -OCH3 is 1. The first-order valence-corrected chi connectivity index (χ1v) is 13.1. The Kier molecular flexibility index (Phi) is 6.61. The number of carbonyl (C=O) groups excluding carboxylic acids is 1. The standard InChI is InChI=1S/C25H28N2O4S2/c1-17-6-9-20(10-7-17)21-16-32-23(25(28)31-4)24(21)33(29,30)27-13-11-26(12-14-27)22-15-18(2)5-8-19(22)3/h5-10,15-16H,11-14H2,1-4H3. The van der Waals surface area contributed by atoms with Crippen molar-refractivity contribution in [2.24, 2.45) is 0 Å². The van der Waals surface area contributed by atoms with Crippen molar-refractivity contribution in [1.82, 2.24) is 4.31 Å². The first-order valence-electron chi connectivity index (χ1n) is 10.8. The fourth-order valence-corrected chi connectivity index (χ4v) is 7.22. The van der Waals surface area contributed by atoms with E-state index in [0.29, 0.717) is 31.7 Å². The minimum absolute atomic E-state index is 0.0448. The van der Waals surface area contributed by atoms with E-state index in [0.717, 1.165) is 28.2 Å². The normalized spacial score (nSPS) is 15.0. The van der Waals surface area contributed by atoms with Crippen LogP contribution in [0, 0.1) is 20.8 Å². The van der Waals surface area contributed by atoms with Crippen LogP contribution in [0.2, 0.25) is 0 Å². The molecule has 1 fully saturated rings. The van der Waals surface area contributed by atoms with E-state index in [1.54, 1.807) is 5.38 Å². The number of sulfonamides is 1. The van der Waals surface area contributed by atoms with Crippen LogP contribution in [-0.4, -0.2) is 52.0 Å². The minimum Gasteiger partial charge on any atom is -0.465 e. The van der Waals surface area contributed by atoms with Gasteiger partial charge in [-0.05, 0) is 43.5 Å². The molecular formula is C25H28N2O4S2. The Bertz CT molecular complexity index is 1270. The van der Waals surface area contributed by atoms with Crippen LogP contribution in [0.25, 0.3) is 11.1 Å². The summed E-state index contributed by atoms with van der Waals surface area (Å²) in [5.41, 5.74) is 5.86. The number of hydrogen-bond donors (Lipinski definition) is 0. The molecule has 0 bridgehead atoms. The van der Waals surface area contributed by atoms with Crippen molar-refractivity contribution in [3.63, 3.8) is 0 Å². The Morgan fingerprint density at radius 3 is 2.21 bits per heavy atom. The van der Waals surface area contributed by atoms with Gasteiger partial charge in [0.1, 0.15) is 9.77 Å². The lowest BCUT2D eigenvalue weighted by atomic mass is 10.1. The molecule has 1 aliphatic heterocycles. The van der Waals surface area contributed by atoms with Crippen molar-refractivity contribution < 1.29 is 17.9 Å². The third kappa shape index (κ3) is 4.55. The van der Waals surface area contributed by atoms with E-state index in [1.165, 1.54) is 22.5 Å². The van der Waals surface area contributed by atoms with Gasteiger partial charge in [0.15, 0.2) is 0 Å². The fourth-order valence-electron chi connectivity index (χ4n) is 4.13. The maximum Gasteiger partial charge on any atom is 0.349 e. The first kappa shape index (κ1) is 23.5. The highest BCUT2D eigenvalue weighted by atomic mass is 32.2. The van der Waals surface area contributed by atoms with E-state index < -0.39 is 16.0 Å². The van der Waals surface area contributed by atoms with Crippen molar-refractivity contribution in [1.29, 1.82) is 0 Å². The molecule has 33 heavy (non-hydrogen) atoms. The van der Waals surface area contributed by atoms with Gasteiger partial charge in [0.2, 0.25) is 10.0 Å². The third-order valence-corrected chi connectivity index (χ3v) is 9.09. The average Bonchev–Trinajstić information content (AvgIpc) is 3.27. The number of thiophene rings is 1. The van der Waals surface area contributed by atoms with Gasteiger partial charge in [-0.1, -0.05) is 42.0 Å². The maximum absolute atomic E-state index is 13.8. The lowest BCUT2D eigenvalue weighted by Crippen LogP contribution is -2.49. The van der Waals surface area contributed by atoms with Crippen LogP contribution >= 0.6 is 11.3 Å². The summed E-state index contributed by atoms with van der Waals surface area (Å²) in [6.45, 7) is 7.96. The predicted octanol–water partition coefficient (Wildman–Crippen LogP) is 4.64. The molecule has 0 radical (unpaired) electrons. The summed E-state index contributed by atoms with van der Waals surface area (Å²) < 4.78 is 34.0. The molecule has 0 N–H and O–H groups in total. The zero-order chi connectivity index (χ0) is 23.8. The summed E-state index contributed by atoms with van der Waals surface area (Å²) >= 11 is 1.11. The van der Waals surface area contributed by atoms with Gasteiger partial charge in [-0.15, -0.1) is 11.3 Å². The van der Waals surface area contributed by atoms with E-state index >= 15 is 0 Å². The smallest absolute Gasteiger partial charge is 0.349 e. The summed E-state index contributed by atoms with van der Waals surface area (Å²) in [4.78, 5) is 14.9. The van der Waals surface area contributed by atoms with E-state index in [1.807, 2.05) is 31.2 Å². The number of aryl methyl sites for hydroxylation is 3. The number of carbonyl (C=O) groups is 1. The molecule has 0 unspecified atom stereocenters. The Balaban J connectivity index is 1.67. The number of piperazine rings is 1. The van der Waals surface area contributed by atoms with E-state index in [4.69, 9.17) is 4.74 Å². The second-order valence-electron chi connectivity index (χ2n) is 8.35. The van der Waals surface area contributed by atoms with Crippen molar-refractivity contribution in [2.75, 3.05) is 38.2 Å². The molecule has 6 nitrogen and oxygen atoms in total. The molecular weight excluding hydrogens is 456 g/mol. The lowest BCUT2D eigenvalue weighted by molar-refractivity contribution is 0.0602. The van der Waals surface area contributed by atoms with Gasteiger partial charge in [-0.25, -0.2) is 13.2 Å². The Labute approximate surface area is 199 Å². The van der Waals surface area contributed by atoms with Gasteiger partial charge in [0.25, 0.3) is 0 Å². The number of ether oxygens (including phenoxy) is 1. The molecule has 3 aromatic rings. The van der Waals surface area contributed by atoms with Crippen LogP contribution in [0.1, 0.15) is 26.4 Å². The molecule has 0 amide bonds. The van der Waals surface area contributed by atoms with Gasteiger partial charge in [-0.3, -0.25) is 0 Å². The molecule has 0 spiro atoms. The van der Waals surface area contributed by atoms with Crippen LogP contribution in [0.3, 0.4) is 0 Å². The first-order chi connectivity index (χ1) is 15.7. The monoisotopic (exact) mass is 484 g/mol. The van der Waals surface area contributed by atoms with Crippen LogP contribution in [0.15, 0.2) is 52.7 Å². The SMILES string of the molecule is COC(=O)c1scc(-c2ccc(C)cc2)c1S(=O)(=O)N1CCN(c2cc(C)ccc2C)CC1. The number of benzene rings is 2. The average molecular weight is 485 g/mol. The number of nitrogens with zero attached hydrogens (tertiary/aromatic N) is 2. The largest absolute Gasteiger partial charge is 0.465 e. The summed E-state index contributed by atoms with van der Waals surface area (Å²) in [6, 6.07) is 14.0. The highest BCUT2D eigenvalue weighted by Crippen LogP contribution is 2.38. The molecule has 0 aliphatic carbocycles. The summed E-state index contributed by atoms with van der Waals surface area (Å²) in [5.74, 6) is -0.633. The van der Waals surface area contributed by atoms with Crippen LogP contribution in [0.5, 0.6) is 0 Å². The van der Waals surface area contributed by atoms with E-state index in [-0.39, 0.29) is 9.77 Å². The second-order valence-corrected chi connectivity index (χ2v) is 11.1. The molecule has 8 heteroatoms. The topological polar surface area (TPSA) is 66.9 Å². The zero-order valence-corrected chi connectivity index (χ0v) is 20.9. The predicted molar refractivity (Wildman–Crippen MR) is 133 cm³/mol. The quantitative estimate of drug-likeness (QED) is 0.494. The molecule has 174 valence electrons. The maximum atomic E-state index is 13.8. The number of hydrogen-bond acceptors (Lipinski definition) is 6. The summed E-state index contributed by atoms with van der Waals surface area (Å²) in [6.07, 6.45) is 0. The number of rotatable bonds is 5. The number of anilines is 1. The van der Waals surface area contributed by atoms with Gasteiger partial charge >= 0.3 is 5.97 Å². The Hall–Kier alpha value is -2.68. The lowest BCUT2D eigenvalue weighted by Gasteiger charge is -2.36. The summed E-state index contributed by atoms with van der Waals surface area (Å²) in [5, 5.41) is 1.73. The third-order valence-electron chi connectivity index (χ3n) is 6.02. The highest BCUT2D eigenvalue weighted by Gasteiger charge is 2.36. The van der Waals surface area contributed by atoms with Crippen molar-refractivity contribution in [3.05, 3.63) is 69.4 Å². The van der Waals surface area contributed by atoms with Gasteiger partial charge < -0.3 is 9.64 Å². The van der Waals surface area contributed by atoms with E-state index in [9.17, 15) is 13.2 Å². The minimum atomic E-state index is -3.90.